The van der Waals surface area contributed by atoms with Crippen LogP contribution in [-0.4, -0.2) is 23.8 Å². The Kier molecular flexibility index (Phi) is 6.09. The lowest BCUT2D eigenvalue weighted by atomic mass is 9.91. The van der Waals surface area contributed by atoms with Crippen LogP contribution in [0.15, 0.2) is 6.07 Å². The SMILES string of the molecule is Cc1cc(CNC2CCCC(NC(=O)OC(C)(C)C)C2)sc1C. The zero-order valence-electron chi connectivity index (χ0n) is 15.0. The third kappa shape index (κ3) is 6.15. The van der Waals surface area contributed by atoms with Crippen LogP contribution in [0.2, 0.25) is 0 Å². The second-order valence-electron chi connectivity index (χ2n) is 7.54. The third-order valence-corrected chi connectivity index (χ3v) is 5.33. The molecule has 1 heterocycles. The molecule has 2 N–H and O–H groups in total. The number of alkyl carbamates (subject to hydrolysis) is 1. The average molecular weight is 339 g/mol. The van der Waals surface area contributed by atoms with Gasteiger partial charge in [0.2, 0.25) is 0 Å². The number of aryl methyl sites for hydroxylation is 2. The van der Waals surface area contributed by atoms with E-state index in [-0.39, 0.29) is 12.1 Å². The number of nitrogens with one attached hydrogen (secondary N) is 2. The first-order valence-electron chi connectivity index (χ1n) is 8.52. The zero-order valence-corrected chi connectivity index (χ0v) is 15.8. The highest BCUT2D eigenvalue weighted by Crippen LogP contribution is 2.23. The predicted octanol–water partition coefficient (Wildman–Crippen LogP) is 4.29. The van der Waals surface area contributed by atoms with Crippen LogP contribution in [0.5, 0.6) is 0 Å². The summed E-state index contributed by atoms with van der Waals surface area (Å²) in [6.07, 6.45) is 4.03. The van der Waals surface area contributed by atoms with Gasteiger partial charge in [-0.1, -0.05) is 0 Å². The Balaban J connectivity index is 1.78. The van der Waals surface area contributed by atoms with Crippen LogP contribution in [-0.2, 0) is 11.3 Å². The molecule has 5 heteroatoms. The first-order chi connectivity index (χ1) is 10.7. The molecule has 0 spiro atoms. The van der Waals surface area contributed by atoms with E-state index < -0.39 is 5.60 Å². The second kappa shape index (κ2) is 7.67. The molecule has 2 unspecified atom stereocenters. The van der Waals surface area contributed by atoms with Gasteiger partial charge in [-0.05, 0) is 71.9 Å². The normalized spacial score (nSPS) is 22.0. The van der Waals surface area contributed by atoms with Gasteiger partial charge in [-0.25, -0.2) is 4.79 Å². The number of hydrogen-bond donors (Lipinski definition) is 2. The van der Waals surface area contributed by atoms with Crippen molar-refractivity contribution in [3.63, 3.8) is 0 Å². The highest BCUT2D eigenvalue weighted by atomic mass is 32.1. The highest BCUT2D eigenvalue weighted by molar-refractivity contribution is 7.12. The summed E-state index contributed by atoms with van der Waals surface area (Å²) in [4.78, 5) is 14.7. The van der Waals surface area contributed by atoms with Gasteiger partial charge in [-0.2, -0.15) is 0 Å². The molecule has 4 nitrogen and oxygen atoms in total. The van der Waals surface area contributed by atoms with E-state index in [9.17, 15) is 4.79 Å². The molecule has 2 rings (SSSR count). The summed E-state index contributed by atoms with van der Waals surface area (Å²) in [5, 5.41) is 6.67. The topological polar surface area (TPSA) is 50.4 Å². The maximum Gasteiger partial charge on any atom is 0.407 e. The molecule has 1 aromatic heterocycles. The fourth-order valence-electron chi connectivity index (χ4n) is 2.96. The van der Waals surface area contributed by atoms with Crippen LogP contribution in [0.4, 0.5) is 4.79 Å². The summed E-state index contributed by atoms with van der Waals surface area (Å²) in [7, 11) is 0. The van der Waals surface area contributed by atoms with E-state index >= 15 is 0 Å². The number of amides is 1. The first-order valence-corrected chi connectivity index (χ1v) is 9.33. The van der Waals surface area contributed by atoms with Gasteiger partial charge in [0, 0.05) is 28.4 Å². The van der Waals surface area contributed by atoms with Crippen molar-refractivity contribution in [2.45, 2.75) is 84.5 Å². The summed E-state index contributed by atoms with van der Waals surface area (Å²) < 4.78 is 5.35. The number of ether oxygens (including phenoxy) is 1. The van der Waals surface area contributed by atoms with E-state index in [4.69, 9.17) is 4.74 Å². The first kappa shape index (κ1) is 18.3. The summed E-state index contributed by atoms with van der Waals surface area (Å²) >= 11 is 1.87. The summed E-state index contributed by atoms with van der Waals surface area (Å²) in [6, 6.07) is 2.95. The Morgan fingerprint density at radius 3 is 2.61 bits per heavy atom. The number of carbonyl (C=O) groups is 1. The van der Waals surface area contributed by atoms with E-state index in [2.05, 4.69) is 30.5 Å². The molecule has 1 fully saturated rings. The summed E-state index contributed by atoms with van der Waals surface area (Å²) in [5.74, 6) is 0. The van der Waals surface area contributed by atoms with Gasteiger partial charge < -0.3 is 15.4 Å². The second-order valence-corrected chi connectivity index (χ2v) is 8.88. The Morgan fingerprint density at radius 1 is 1.30 bits per heavy atom. The van der Waals surface area contributed by atoms with Crippen molar-refractivity contribution in [3.05, 3.63) is 21.4 Å². The van der Waals surface area contributed by atoms with Gasteiger partial charge in [0.1, 0.15) is 5.60 Å². The Hall–Kier alpha value is -1.07. The number of hydrogen-bond acceptors (Lipinski definition) is 4. The number of thiophene rings is 1. The van der Waals surface area contributed by atoms with Crippen molar-refractivity contribution in [1.82, 2.24) is 10.6 Å². The molecular formula is C18H30N2O2S. The molecule has 0 saturated heterocycles. The van der Waals surface area contributed by atoms with Crippen molar-refractivity contribution in [3.8, 4) is 0 Å². The number of carbonyl (C=O) groups excluding carboxylic acids is 1. The molecule has 0 bridgehead atoms. The lowest BCUT2D eigenvalue weighted by molar-refractivity contribution is 0.0488. The Bertz CT molecular complexity index is 514. The molecule has 130 valence electrons. The molecule has 2 atom stereocenters. The lowest BCUT2D eigenvalue weighted by Gasteiger charge is -2.31. The Morgan fingerprint density at radius 2 is 2.00 bits per heavy atom. The molecule has 1 aliphatic carbocycles. The Labute approximate surface area is 144 Å². The van der Waals surface area contributed by atoms with E-state index in [1.54, 1.807) is 0 Å². The molecule has 1 saturated carbocycles. The standard InChI is InChI=1S/C18H30N2O2S/c1-12-9-16(23-13(12)2)11-19-14-7-6-8-15(10-14)20-17(21)22-18(3,4)5/h9,14-15,19H,6-8,10-11H2,1-5H3,(H,20,21). The lowest BCUT2D eigenvalue weighted by Crippen LogP contribution is -2.45. The van der Waals surface area contributed by atoms with Gasteiger partial charge >= 0.3 is 6.09 Å². The minimum atomic E-state index is -0.439. The van der Waals surface area contributed by atoms with Gasteiger partial charge in [0.15, 0.2) is 0 Å². The minimum absolute atomic E-state index is 0.211. The van der Waals surface area contributed by atoms with Crippen molar-refractivity contribution >= 4 is 17.4 Å². The maximum absolute atomic E-state index is 11.9. The van der Waals surface area contributed by atoms with Crippen LogP contribution in [0.1, 0.15) is 61.8 Å². The van der Waals surface area contributed by atoms with Crippen LogP contribution in [0.3, 0.4) is 0 Å². The predicted molar refractivity (Wildman–Crippen MR) is 96.0 cm³/mol. The average Bonchev–Trinajstić information content (AvgIpc) is 2.74. The molecule has 1 aliphatic rings. The monoisotopic (exact) mass is 338 g/mol. The van der Waals surface area contributed by atoms with Crippen molar-refractivity contribution in [2.24, 2.45) is 0 Å². The molecule has 23 heavy (non-hydrogen) atoms. The van der Waals surface area contributed by atoms with Gasteiger partial charge in [0.05, 0.1) is 0 Å². The van der Waals surface area contributed by atoms with Gasteiger partial charge in [-0.3, -0.25) is 0 Å². The van der Waals surface area contributed by atoms with Crippen molar-refractivity contribution < 1.29 is 9.53 Å². The van der Waals surface area contributed by atoms with Crippen LogP contribution in [0, 0.1) is 13.8 Å². The smallest absolute Gasteiger partial charge is 0.407 e. The van der Waals surface area contributed by atoms with Crippen molar-refractivity contribution in [2.75, 3.05) is 0 Å². The largest absolute Gasteiger partial charge is 0.444 e. The molecule has 0 aromatic carbocycles. The van der Waals surface area contributed by atoms with Gasteiger partial charge in [-0.15, -0.1) is 11.3 Å². The minimum Gasteiger partial charge on any atom is -0.444 e. The maximum atomic E-state index is 11.9. The van der Waals surface area contributed by atoms with E-state index in [1.807, 2.05) is 32.1 Å². The van der Waals surface area contributed by atoms with Crippen molar-refractivity contribution in [1.29, 1.82) is 0 Å². The van der Waals surface area contributed by atoms with E-state index in [0.717, 1.165) is 25.8 Å². The fourth-order valence-corrected chi connectivity index (χ4v) is 3.97. The zero-order chi connectivity index (χ0) is 17.0. The van der Waals surface area contributed by atoms with Crippen LogP contribution in [0.25, 0.3) is 0 Å². The molecule has 1 amide bonds. The molecule has 1 aromatic rings. The molecule has 0 aliphatic heterocycles. The molecular weight excluding hydrogens is 308 g/mol. The van der Waals surface area contributed by atoms with Crippen LogP contribution < -0.4 is 10.6 Å². The summed E-state index contributed by atoms with van der Waals surface area (Å²) in [6.45, 7) is 10.9. The van der Waals surface area contributed by atoms with Crippen LogP contribution >= 0.6 is 11.3 Å². The van der Waals surface area contributed by atoms with Gasteiger partial charge in [0.25, 0.3) is 0 Å². The van der Waals surface area contributed by atoms with E-state index in [1.165, 1.54) is 21.7 Å². The molecule has 0 radical (unpaired) electrons. The van der Waals surface area contributed by atoms with E-state index in [0.29, 0.717) is 6.04 Å². The number of rotatable bonds is 4. The fraction of sp³-hybridized carbons (Fsp3) is 0.722. The summed E-state index contributed by atoms with van der Waals surface area (Å²) in [5.41, 5.74) is 0.936. The third-order valence-electron chi connectivity index (χ3n) is 4.18. The quantitative estimate of drug-likeness (QED) is 0.861. The highest BCUT2D eigenvalue weighted by Gasteiger charge is 2.25.